The van der Waals surface area contributed by atoms with Crippen molar-refractivity contribution in [3.8, 4) is 0 Å². The zero-order valence-corrected chi connectivity index (χ0v) is 9.08. The molecule has 0 spiro atoms. The number of hydrogen-bond acceptors (Lipinski definition) is 3. The first-order valence-corrected chi connectivity index (χ1v) is 6.26. The molecule has 0 aliphatic carbocycles. The highest BCUT2D eigenvalue weighted by Gasteiger charge is 2.13. The maximum Gasteiger partial charge on any atom is 0.175 e. The third-order valence-electron chi connectivity index (χ3n) is 1.89. The fraction of sp³-hybridized carbons (Fsp3) is 0.400. The SMILES string of the molecule is CC(O)Cc1ccccc1S(C)(=O)=O. The van der Waals surface area contributed by atoms with Crippen LogP contribution in [0.3, 0.4) is 0 Å². The van der Waals surface area contributed by atoms with Crippen molar-refractivity contribution in [3.63, 3.8) is 0 Å². The average molecular weight is 214 g/mol. The molecule has 0 radical (unpaired) electrons. The van der Waals surface area contributed by atoms with Gasteiger partial charge in [0.05, 0.1) is 11.0 Å². The summed E-state index contributed by atoms with van der Waals surface area (Å²) in [6.45, 7) is 1.64. The van der Waals surface area contributed by atoms with E-state index in [9.17, 15) is 13.5 Å². The molecule has 0 aliphatic rings. The highest BCUT2D eigenvalue weighted by atomic mass is 32.2. The Morgan fingerprint density at radius 1 is 1.36 bits per heavy atom. The van der Waals surface area contributed by atoms with Gasteiger partial charge in [0.2, 0.25) is 0 Å². The summed E-state index contributed by atoms with van der Waals surface area (Å²) in [5.41, 5.74) is 0.671. The van der Waals surface area contributed by atoms with Gasteiger partial charge in [-0.2, -0.15) is 0 Å². The van der Waals surface area contributed by atoms with Crippen molar-refractivity contribution in [1.29, 1.82) is 0 Å². The van der Waals surface area contributed by atoms with Gasteiger partial charge >= 0.3 is 0 Å². The van der Waals surface area contributed by atoms with Crippen molar-refractivity contribution in [2.75, 3.05) is 6.26 Å². The molecule has 1 unspecified atom stereocenters. The Bertz CT molecular complexity index is 407. The predicted octanol–water partition coefficient (Wildman–Crippen LogP) is 1.01. The molecule has 0 aliphatic heterocycles. The summed E-state index contributed by atoms with van der Waals surface area (Å²) in [6, 6.07) is 6.74. The first-order chi connectivity index (χ1) is 6.41. The number of sulfone groups is 1. The van der Waals surface area contributed by atoms with Crippen LogP contribution in [0.5, 0.6) is 0 Å². The number of aliphatic hydroxyl groups excluding tert-OH is 1. The second-order valence-electron chi connectivity index (χ2n) is 3.43. The monoisotopic (exact) mass is 214 g/mol. The van der Waals surface area contributed by atoms with E-state index in [-0.39, 0.29) is 0 Å². The van der Waals surface area contributed by atoms with Crippen LogP contribution in [0.4, 0.5) is 0 Å². The molecule has 0 aromatic heterocycles. The summed E-state index contributed by atoms with van der Waals surface area (Å²) >= 11 is 0. The molecule has 1 rings (SSSR count). The van der Waals surface area contributed by atoms with Gasteiger partial charge in [0.25, 0.3) is 0 Å². The summed E-state index contributed by atoms with van der Waals surface area (Å²) < 4.78 is 22.7. The van der Waals surface area contributed by atoms with Crippen molar-refractivity contribution in [1.82, 2.24) is 0 Å². The van der Waals surface area contributed by atoms with Crippen LogP contribution in [0.1, 0.15) is 12.5 Å². The highest BCUT2D eigenvalue weighted by Crippen LogP contribution is 2.16. The van der Waals surface area contributed by atoms with Gasteiger partial charge in [-0.15, -0.1) is 0 Å². The van der Waals surface area contributed by atoms with Gasteiger partial charge in [-0.3, -0.25) is 0 Å². The summed E-state index contributed by atoms with van der Waals surface area (Å²) in [5, 5.41) is 9.20. The van der Waals surface area contributed by atoms with Crippen molar-refractivity contribution in [2.24, 2.45) is 0 Å². The van der Waals surface area contributed by atoms with Crippen LogP contribution in [0.25, 0.3) is 0 Å². The summed E-state index contributed by atoms with van der Waals surface area (Å²) in [7, 11) is -3.19. The van der Waals surface area contributed by atoms with E-state index in [1.165, 1.54) is 6.26 Å². The van der Waals surface area contributed by atoms with Crippen LogP contribution in [0.15, 0.2) is 29.2 Å². The van der Waals surface area contributed by atoms with E-state index in [0.717, 1.165) is 0 Å². The third-order valence-corrected chi connectivity index (χ3v) is 3.08. The van der Waals surface area contributed by atoms with Gasteiger partial charge < -0.3 is 5.11 Å². The molecule has 4 heteroatoms. The molecule has 1 atom stereocenters. The first kappa shape index (κ1) is 11.2. The summed E-state index contributed by atoms with van der Waals surface area (Å²) in [6.07, 6.45) is 1.01. The molecule has 0 amide bonds. The molecule has 0 fully saturated rings. The van der Waals surface area contributed by atoms with Crippen LogP contribution < -0.4 is 0 Å². The van der Waals surface area contributed by atoms with Gasteiger partial charge in [0.15, 0.2) is 9.84 Å². The van der Waals surface area contributed by atoms with Crippen LogP contribution in [-0.4, -0.2) is 25.9 Å². The van der Waals surface area contributed by atoms with Crippen LogP contribution in [0.2, 0.25) is 0 Å². The highest BCUT2D eigenvalue weighted by molar-refractivity contribution is 7.90. The lowest BCUT2D eigenvalue weighted by molar-refractivity contribution is 0.194. The molecule has 0 bridgehead atoms. The molecule has 1 N–H and O–H groups in total. The van der Waals surface area contributed by atoms with Gasteiger partial charge in [-0.1, -0.05) is 18.2 Å². The van der Waals surface area contributed by atoms with Crippen molar-refractivity contribution >= 4 is 9.84 Å². The number of rotatable bonds is 3. The Balaban J connectivity index is 3.17. The molecule has 78 valence electrons. The molecule has 3 nitrogen and oxygen atoms in total. The quantitative estimate of drug-likeness (QED) is 0.817. The predicted molar refractivity (Wildman–Crippen MR) is 54.9 cm³/mol. The van der Waals surface area contributed by atoms with Gasteiger partial charge in [0.1, 0.15) is 0 Å². The number of aliphatic hydroxyl groups is 1. The van der Waals surface area contributed by atoms with Gasteiger partial charge in [-0.25, -0.2) is 8.42 Å². The van der Waals surface area contributed by atoms with Crippen LogP contribution in [-0.2, 0) is 16.3 Å². The minimum Gasteiger partial charge on any atom is -0.393 e. The minimum atomic E-state index is -3.19. The molecule has 1 aromatic rings. The Labute approximate surface area is 84.3 Å². The Kier molecular flexibility index (Phi) is 3.29. The maximum absolute atomic E-state index is 11.4. The van der Waals surface area contributed by atoms with E-state index in [2.05, 4.69) is 0 Å². The second kappa shape index (κ2) is 4.11. The van der Waals surface area contributed by atoms with Crippen molar-refractivity contribution < 1.29 is 13.5 Å². The molecule has 1 aromatic carbocycles. The number of benzene rings is 1. The first-order valence-electron chi connectivity index (χ1n) is 4.37. The molecule has 0 saturated carbocycles. The molecule has 0 heterocycles. The third kappa shape index (κ3) is 2.82. The van der Waals surface area contributed by atoms with Gasteiger partial charge in [-0.05, 0) is 25.0 Å². The van der Waals surface area contributed by atoms with E-state index in [0.29, 0.717) is 16.9 Å². The van der Waals surface area contributed by atoms with Crippen molar-refractivity contribution in [3.05, 3.63) is 29.8 Å². The lowest BCUT2D eigenvalue weighted by Crippen LogP contribution is -2.09. The Hall–Kier alpha value is -0.870. The fourth-order valence-corrected chi connectivity index (χ4v) is 2.31. The zero-order valence-electron chi connectivity index (χ0n) is 8.27. The Morgan fingerprint density at radius 3 is 2.43 bits per heavy atom. The van der Waals surface area contributed by atoms with Crippen LogP contribution >= 0.6 is 0 Å². The normalized spacial score (nSPS) is 13.9. The van der Waals surface area contributed by atoms with E-state index in [4.69, 9.17) is 0 Å². The van der Waals surface area contributed by atoms with E-state index >= 15 is 0 Å². The lowest BCUT2D eigenvalue weighted by Gasteiger charge is -2.08. The smallest absolute Gasteiger partial charge is 0.175 e. The maximum atomic E-state index is 11.4. The molecular weight excluding hydrogens is 200 g/mol. The lowest BCUT2D eigenvalue weighted by atomic mass is 10.1. The zero-order chi connectivity index (χ0) is 10.8. The molecular formula is C10H14O3S. The van der Waals surface area contributed by atoms with Crippen LogP contribution in [0, 0.1) is 0 Å². The van der Waals surface area contributed by atoms with E-state index in [1.54, 1.807) is 31.2 Å². The summed E-state index contributed by atoms with van der Waals surface area (Å²) in [5.74, 6) is 0. The molecule has 0 saturated heterocycles. The number of hydrogen-bond donors (Lipinski definition) is 1. The fourth-order valence-electron chi connectivity index (χ4n) is 1.35. The van der Waals surface area contributed by atoms with Crippen molar-refractivity contribution in [2.45, 2.75) is 24.3 Å². The van der Waals surface area contributed by atoms with E-state index < -0.39 is 15.9 Å². The average Bonchev–Trinajstić information content (AvgIpc) is 2.01. The second-order valence-corrected chi connectivity index (χ2v) is 5.42. The Morgan fingerprint density at radius 2 is 1.93 bits per heavy atom. The topological polar surface area (TPSA) is 54.4 Å². The standard InChI is InChI=1S/C10H14O3S/c1-8(11)7-9-5-3-4-6-10(9)14(2,12)13/h3-6,8,11H,7H2,1-2H3. The molecule has 14 heavy (non-hydrogen) atoms. The summed E-state index contributed by atoms with van der Waals surface area (Å²) in [4.78, 5) is 0.306. The minimum absolute atomic E-state index is 0.306. The van der Waals surface area contributed by atoms with E-state index in [1.807, 2.05) is 0 Å². The largest absolute Gasteiger partial charge is 0.393 e. The van der Waals surface area contributed by atoms with Gasteiger partial charge in [0, 0.05) is 6.26 Å².